The van der Waals surface area contributed by atoms with Crippen molar-refractivity contribution in [2.45, 2.75) is 0 Å². The van der Waals surface area contributed by atoms with Crippen molar-refractivity contribution < 1.29 is 9.05 Å². The molecule has 0 saturated heterocycles. The summed E-state index contributed by atoms with van der Waals surface area (Å²) in [5, 5.41) is 13.0. The van der Waals surface area contributed by atoms with Crippen LogP contribution in [0.25, 0.3) is 11.4 Å². The summed E-state index contributed by atoms with van der Waals surface area (Å²) in [5.74, 6) is 1.38. The molecule has 1 aliphatic heterocycles. The third kappa shape index (κ3) is 3.92. The zero-order valence-corrected chi connectivity index (χ0v) is 18.1. The van der Waals surface area contributed by atoms with Crippen LogP contribution in [-0.4, -0.2) is 0 Å². The Balaban J connectivity index is 1.72. The van der Waals surface area contributed by atoms with E-state index in [4.69, 9.17) is 13.8 Å². The molecule has 150 valence electrons. The first-order chi connectivity index (χ1) is 15.3. The fourth-order valence-electron chi connectivity index (χ4n) is 3.27. The Hall–Kier alpha value is -3.58. The van der Waals surface area contributed by atoms with Gasteiger partial charge in [0.05, 0.1) is 16.9 Å². The lowest BCUT2D eigenvalue weighted by Gasteiger charge is -2.30. The van der Waals surface area contributed by atoms with E-state index in [1.165, 1.54) is 0 Å². The van der Waals surface area contributed by atoms with E-state index < -0.39 is 7.51 Å². The van der Waals surface area contributed by atoms with Gasteiger partial charge in [-0.3, -0.25) is 0 Å². The molecule has 0 amide bonds. The van der Waals surface area contributed by atoms with Crippen LogP contribution < -0.4 is 9.05 Å². The van der Waals surface area contributed by atoms with Crippen molar-refractivity contribution in [3.8, 4) is 17.6 Å². The molecule has 0 aliphatic carbocycles. The van der Waals surface area contributed by atoms with Crippen molar-refractivity contribution in [3.63, 3.8) is 0 Å². The Kier molecular flexibility index (Phi) is 5.18. The van der Waals surface area contributed by atoms with Gasteiger partial charge in [-0.25, -0.2) is 0 Å². The average molecular weight is 440 g/mol. The van der Waals surface area contributed by atoms with Crippen LogP contribution in [0, 0.1) is 11.3 Å². The molecule has 0 bridgehead atoms. The molecule has 4 nitrogen and oxygen atoms in total. The summed E-state index contributed by atoms with van der Waals surface area (Å²) in [5.41, 5.74) is 2.55. The van der Waals surface area contributed by atoms with Crippen LogP contribution in [0.3, 0.4) is 0 Å². The topological polar surface area (TPSA) is 54.6 Å². The number of benzene rings is 3. The first-order valence-electron chi connectivity index (χ1n) is 9.68. The first kappa shape index (κ1) is 19.4. The minimum atomic E-state index is -2.98. The van der Waals surface area contributed by atoms with Gasteiger partial charge in [-0.05, 0) is 59.5 Å². The summed E-state index contributed by atoms with van der Waals surface area (Å²) in [6, 6.07) is 30.9. The zero-order chi connectivity index (χ0) is 21.1. The van der Waals surface area contributed by atoms with Gasteiger partial charge in [0.25, 0.3) is 0 Å². The molecule has 2 heterocycles. The standard InChI is InChI=1S/C25H17N2O2PS/c26-18-19-11-13-20(14-12-19)24-17-21-15-16-31-25(21)27-30(24,28-22-7-3-1-4-8-22)29-23-9-5-2-6-10-23/h1-17H. The van der Waals surface area contributed by atoms with Crippen molar-refractivity contribution in [3.05, 3.63) is 113 Å². The van der Waals surface area contributed by atoms with E-state index in [0.29, 0.717) is 17.1 Å². The molecule has 31 heavy (non-hydrogen) atoms. The summed E-state index contributed by atoms with van der Waals surface area (Å²) in [7, 11) is -2.98. The molecular weight excluding hydrogens is 423 g/mol. The Morgan fingerprint density at radius 2 is 1.39 bits per heavy atom. The average Bonchev–Trinajstić information content (AvgIpc) is 3.27. The highest BCUT2D eigenvalue weighted by atomic mass is 32.1. The number of nitrogens with zero attached hydrogens (tertiary/aromatic N) is 2. The van der Waals surface area contributed by atoms with Crippen LogP contribution >= 0.6 is 18.8 Å². The molecule has 1 aromatic heterocycles. The largest absolute Gasteiger partial charge is 0.427 e. The van der Waals surface area contributed by atoms with Gasteiger partial charge in [0.2, 0.25) is 0 Å². The van der Waals surface area contributed by atoms with Crippen molar-refractivity contribution in [2.24, 2.45) is 4.74 Å². The molecule has 0 spiro atoms. The monoisotopic (exact) mass is 440 g/mol. The maximum absolute atomic E-state index is 9.21. The summed E-state index contributed by atoms with van der Waals surface area (Å²) in [6.45, 7) is 0. The van der Waals surface area contributed by atoms with Gasteiger partial charge in [0.15, 0.2) is 0 Å². The van der Waals surface area contributed by atoms with E-state index in [2.05, 4.69) is 12.1 Å². The van der Waals surface area contributed by atoms with E-state index in [1.807, 2.05) is 84.2 Å². The summed E-state index contributed by atoms with van der Waals surface area (Å²) in [4.78, 5) is 0. The van der Waals surface area contributed by atoms with Gasteiger partial charge in [-0.2, -0.15) is 10.0 Å². The predicted octanol–water partition coefficient (Wildman–Crippen LogP) is 7.95. The highest BCUT2D eigenvalue weighted by Crippen LogP contribution is 2.67. The number of hydrogen-bond acceptors (Lipinski definition) is 5. The molecule has 1 aliphatic rings. The van der Waals surface area contributed by atoms with Crippen molar-refractivity contribution in [2.75, 3.05) is 0 Å². The second-order valence-corrected chi connectivity index (χ2v) is 9.81. The SMILES string of the molecule is N#Cc1ccc(C2=Cc3ccsc3N=P2(Oc2ccccc2)Oc2ccccc2)cc1. The highest BCUT2D eigenvalue weighted by molar-refractivity contribution is 7.69. The highest BCUT2D eigenvalue weighted by Gasteiger charge is 2.36. The predicted molar refractivity (Wildman–Crippen MR) is 126 cm³/mol. The molecule has 0 saturated carbocycles. The smallest absolute Gasteiger partial charge is 0.353 e. The lowest BCUT2D eigenvalue weighted by atomic mass is 10.1. The molecule has 6 heteroatoms. The van der Waals surface area contributed by atoms with Gasteiger partial charge in [0, 0.05) is 5.56 Å². The van der Waals surface area contributed by atoms with Crippen LogP contribution in [0.4, 0.5) is 5.00 Å². The molecule has 0 fully saturated rings. The Bertz CT molecular complexity index is 1290. The Morgan fingerprint density at radius 1 is 0.774 bits per heavy atom. The first-order valence-corrected chi connectivity index (χ1v) is 12.1. The number of nitriles is 1. The number of hydrogen-bond donors (Lipinski definition) is 0. The lowest BCUT2D eigenvalue weighted by molar-refractivity contribution is 0.488. The quantitative estimate of drug-likeness (QED) is 0.296. The second-order valence-electron chi connectivity index (χ2n) is 6.83. The molecule has 3 aromatic carbocycles. The fraction of sp³-hybridized carbons (Fsp3) is 0. The van der Waals surface area contributed by atoms with E-state index in [-0.39, 0.29) is 0 Å². The summed E-state index contributed by atoms with van der Waals surface area (Å²) in [6.07, 6.45) is 2.10. The molecule has 0 atom stereocenters. The maximum atomic E-state index is 9.21. The number of thiophene rings is 1. The molecular formula is C25H17N2O2PS. The summed E-state index contributed by atoms with van der Waals surface area (Å²) >= 11 is 1.57. The van der Waals surface area contributed by atoms with Gasteiger partial charge in [-0.1, -0.05) is 48.5 Å². The molecule has 0 unspecified atom stereocenters. The number of fused-ring (bicyclic) bond motifs is 1. The molecule has 5 rings (SSSR count). The zero-order valence-electron chi connectivity index (χ0n) is 16.4. The number of rotatable bonds is 5. The Morgan fingerprint density at radius 3 is 1.97 bits per heavy atom. The van der Waals surface area contributed by atoms with Gasteiger partial charge < -0.3 is 9.05 Å². The summed E-state index contributed by atoms with van der Waals surface area (Å²) < 4.78 is 18.3. The van der Waals surface area contributed by atoms with Crippen LogP contribution in [-0.2, 0) is 0 Å². The fourth-order valence-corrected chi connectivity index (χ4v) is 6.76. The van der Waals surface area contributed by atoms with Gasteiger partial charge >= 0.3 is 7.51 Å². The van der Waals surface area contributed by atoms with Crippen LogP contribution in [0.1, 0.15) is 16.7 Å². The molecule has 0 N–H and O–H groups in total. The van der Waals surface area contributed by atoms with Crippen molar-refractivity contribution in [1.82, 2.24) is 0 Å². The Labute approximate surface area is 184 Å². The molecule has 4 aromatic rings. The van der Waals surface area contributed by atoms with Crippen LogP contribution in [0.2, 0.25) is 0 Å². The van der Waals surface area contributed by atoms with Crippen molar-refractivity contribution >= 4 is 35.2 Å². The maximum Gasteiger partial charge on any atom is 0.353 e. The normalized spacial score (nSPS) is 13.8. The van der Waals surface area contributed by atoms with Crippen molar-refractivity contribution in [1.29, 1.82) is 5.26 Å². The lowest BCUT2D eigenvalue weighted by Crippen LogP contribution is -2.06. The van der Waals surface area contributed by atoms with Crippen LogP contribution in [0.5, 0.6) is 11.5 Å². The number of para-hydroxylation sites is 2. The van der Waals surface area contributed by atoms with Gasteiger partial charge in [0.1, 0.15) is 16.5 Å². The molecule has 0 radical (unpaired) electrons. The second kappa shape index (κ2) is 8.28. The van der Waals surface area contributed by atoms with Crippen LogP contribution in [0.15, 0.2) is 101 Å². The van der Waals surface area contributed by atoms with Gasteiger partial charge in [-0.15, -0.1) is 11.3 Å². The third-order valence-corrected chi connectivity index (χ3v) is 8.08. The van der Waals surface area contributed by atoms with E-state index in [1.54, 1.807) is 23.5 Å². The van der Waals surface area contributed by atoms with E-state index >= 15 is 0 Å². The minimum Gasteiger partial charge on any atom is -0.427 e. The third-order valence-electron chi connectivity index (χ3n) is 4.75. The minimum absolute atomic E-state index is 0.602. The van der Waals surface area contributed by atoms with E-state index in [0.717, 1.165) is 21.4 Å². The van der Waals surface area contributed by atoms with E-state index in [9.17, 15) is 5.26 Å².